The van der Waals surface area contributed by atoms with Crippen LogP contribution in [0.2, 0.25) is 18.1 Å². The van der Waals surface area contributed by atoms with Crippen LogP contribution in [0.3, 0.4) is 0 Å². The number of halogens is 1. The third kappa shape index (κ3) is 3.20. The average Bonchev–Trinajstić information content (AvgIpc) is 2.36. The molecule has 0 amide bonds. The lowest BCUT2D eigenvalue weighted by atomic mass is 10.2. The molecule has 1 heterocycles. The summed E-state index contributed by atoms with van der Waals surface area (Å²) in [6.45, 7) is 13.0. The minimum Gasteiger partial charge on any atom is -0.486 e. The van der Waals surface area contributed by atoms with Crippen molar-refractivity contribution in [3.8, 4) is 11.5 Å². The average molecular weight is 359 g/mol. The van der Waals surface area contributed by atoms with Crippen molar-refractivity contribution in [1.29, 1.82) is 0 Å². The van der Waals surface area contributed by atoms with Crippen molar-refractivity contribution < 1.29 is 13.9 Å². The van der Waals surface area contributed by atoms with Crippen molar-refractivity contribution in [3.63, 3.8) is 0 Å². The van der Waals surface area contributed by atoms with Gasteiger partial charge in [-0.1, -0.05) is 36.7 Å². The fraction of sp³-hybridized carbons (Fsp3) is 0.600. The molecule has 1 aliphatic rings. The summed E-state index contributed by atoms with van der Waals surface area (Å²) < 4.78 is 18.7. The Morgan fingerprint density at radius 3 is 2.50 bits per heavy atom. The summed E-state index contributed by atoms with van der Waals surface area (Å²) in [6, 6.07) is 3.94. The summed E-state index contributed by atoms with van der Waals surface area (Å²) in [4.78, 5) is 0. The highest BCUT2D eigenvalue weighted by Gasteiger charge is 2.37. The second-order valence-electron chi connectivity index (χ2n) is 6.60. The predicted octanol–water partition coefficient (Wildman–Crippen LogP) is 4.74. The smallest absolute Gasteiger partial charge is 0.192 e. The maximum Gasteiger partial charge on any atom is 0.192 e. The Morgan fingerprint density at radius 2 is 1.85 bits per heavy atom. The van der Waals surface area contributed by atoms with E-state index in [2.05, 4.69) is 49.8 Å². The van der Waals surface area contributed by atoms with Crippen molar-refractivity contribution in [3.05, 3.63) is 22.2 Å². The fourth-order valence-electron chi connectivity index (χ4n) is 1.75. The summed E-state index contributed by atoms with van der Waals surface area (Å²) in [5.41, 5.74) is 1.05. The SMILES string of the molecule is CC(C)(C)[Si](C)(C)OCc1c(Br)ccc2c1OCCO2. The van der Waals surface area contributed by atoms with Crippen LogP contribution in [0.15, 0.2) is 16.6 Å². The van der Waals surface area contributed by atoms with Gasteiger partial charge in [0.25, 0.3) is 0 Å². The number of benzene rings is 1. The minimum atomic E-state index is -1.77. The zero-order valence-corrected chi connectivity index (χ0v) is 15.5. The largest absolute Gasteiger partial charge is 0.486 e. The maximum absolute atomic E-state index is 6.30. The first-order chi connectivity index (χ1) is 9.22. The Balaban J connectivity index is 2.22. The Bertz CT molecular complexity index is 495. The van der Waals surface area contributed by atoms with Gasteiger partial charge in [0.1, 0.15) is 13.2 Å². The molecule has 0 aliphatic carbocycles. The van der Waals surface area contributed by atoms with Crippen LogP contribution in [-0.2, 0) is 11.0 Å². The molecule has 0 N–H and O–H groups in total. The monoisotopic (exact) mass is 358 g/mol. The number of ether oxygens (including phenoxy) is 2. The molecule has 0 saturated carbocycles. The normalized spacial score (nSPS) is 15.3. The lowest BCUT2D eigenvalue weighted by Gasteiger charge is -2.36. The molecular weight excluding hydrogens is 336 g/mol. The molecule has 1 aliphatic heterocycles. The molecule has 0 fully saturated rings. The summed E-state index contributed by atoms with van der Waals surface area (Å²) in [5.74, 6) is 1.64. The van der Waals surface area contributed by atoms with Crippen LogP contribution >= 0.6 is 15.9 Å². The van der Waals surface area contributed by atoms with Gasteiger partial charge >= 0.3 is 0 Å². The quantitative estimate of drug-likeness (QED) is 0.730. The van der Waals surface area contributed by atoms with E-state index in [1.54, 1.807) is 0 Å². The van der Waals surface area contributed by atoms with E-state index in [0.717, 1.165) is 21.5 Å². The first-order valence-electron chi connectivity index (χ1n) is 6.93. The van der Waals surface area contributed by atoms with Crippen LogP contribution in [-0.4, -0.2) is 21.5 Å². The minimum absolute atomic E-state index is 0.200. The van der Waals surface area contributed by atoms with E-state index in [-0.39, 0.29) is 5.04 Å². The molecule has 0 radical (unpaired) electrons. The summed E-state index contributed by atoms with van der Waals surface area (Å²) in [6.07, 6.45) is 0. The molecule has 0 bridgehead atoms. The van der Waals surface area contributed by atoms with Crippen LogP contribution in [0, 0.1) is 0 Å². The molecule has 5 heteroatoms. The molecule has 0 aromatic heterocycles. The summed E-state index contributed by atoms with van der Waals surface area (Å²) in [7, 11) is -1.77. The van der Waals surface area contributed by atoms with Crippen LogP contribution in [0.1, 0.15) is 26.3 Å². The van der Waals surface area contributed by atoms with Gasteiger partial charge in [0, 0.05) is 10.0 Å². The molecule has 3 nitrogen and oxygen atoms in total. The van der Waals surface area contributed by atoms with Gasteiger partial charge < -0.3 is 13.9 Å². The van der Waals surface area contributed by atoms with Gasteiger partial charge in [-0.15, -0.1) is 0 Å². The number of rotatable bonds is 3. The van der Waals surface area contributed by atoms with Crippen LogP contribution in [0.4, 0.5) is 0 Å². The van der Waals surface area contributed by atoms with E-state index in [9.17, 15) is 0 Å². The van der Waals surface area contributed by atoms with Crippen molar-refractivity contribution in [2.45, 2.75) is 45.5 Å². The highest BCUT2D eigenvalue weighted by molar-refractivity contribution is 9.10. The van der Waals surface area contributed by atoms with Gasteiger partial charge in [0.05, 0.1) is 6.61 Å². The highest BCUT2D eigenvalue weighted by atomic mass is 79.9. The molecule has 0 atom stereocenters. The fourth-order valence-corrected chi connectivity index (χ4v) is 3.12. The predicted molar refractivity (Wildman–Crippen MR) is 87.1 cm³/mol. The van der Waals surface area contributed by atoms with Crippen LogP contribution in [0.25, 0.3) is 0 Å². The summed E-state index contributed by atoms with van der Waals surface area (Å²) in [5, 5.41) is 0.200. The molecule has 0 unspecified atom stereocenters. The Kier molecular flexibility index (Phi) is 4.52. The Morgan fingerprint density at radius 1 is 1.20 bits per heavy atom. The third-order valence-corrected chi connectivity index (χ3v) is 9.36. The maximum atomic E-state index is 6.30. The molecule has 20 heavy (non-hydrogen) atoms. The van der Waals surface area contributed by atoms with Crippen molar-refractivity contribution in [2.24, 2.45) is 0 Å². The lowest BCUT2D eigenvalue weighted by molar-refractivity contribution is 0.165. The molecule has 1 aromatic carbocycles. The van der Waals surface area contributed by atoms with Crippen LogP contribution < -0.4 is 9.47 Å². The van der Waals surface area contributed by atoms with Crippen LogP contribution in [0.5, 0.6) is 11.5 Å². The van der Waals surface area contributed by atoms with Gasteiger partial charge in [0.15, 0.2) is 19.8 Å². The van der Waals surface area contributed by atoms with Gasteiger partial charge in [-0.05, 0) is 30.3 Å². The molecule has 0 saturated heterocycles. The standard InChI is InChI=1S/C15H23BrO3Si/c1-15(2,3)20(4,5)19-10-11-12(16)6-7-13-14(11)18-9-8-17-13/h6-7H,8-10H2,1-5H3. The molecule has 2 rings (SSSR count). The van der Waals surface area contributed by atoms with E-state index < -0.39 is 8.32 Å². The third-order valence-electron chi connectivity index (χ3n) is 4.14. The zero-order valence-electron chi connectivity index (χ0n) is 12.9. The van der Waals surface area contributed by atoms with Crippen molar-refractivity contribution >= 4 is 24.2 Å². The Hall–Kier alpha value is -0.523. The lowest BCUT2D eigenvalue weighted by Crippen LogP contribution is -2.40. The molecule has 1 aromatic rings. The molecule has 112 valence electrons. The first kappa shape index (κ1) is 15.9. The van der Waals surface area contributed by atoms with E-state index in [1.165, 1.54) is 0 Å². The number of hydrogen-bond donors (Lipinski definition) is 0. The molecular formula is C15H23BrO3Si. The van der Waals surface area contributed by atoms with E-state index >= 15 is 0 Å². The Labute approximate surface area is 130 Å². The second kappa shape index (κ2) is 5.70. The van der Waals surface area contributed by atoms with E-state index in [1.807, 2.05) is 12.1 Å². The highest BCUT2D eigenvalue weighted by Crippen LogP contribution is 2.41. The first-order valence-corrected chi connectivity index (χ1v) is 10.6. The number of fused-ring (bicyclic) bond motifs is 1. The van der Waals surface area contributed by atoms with Gasteiger partial charge in [-0.2, -0.15) is 0 Å². The van der Waals surface area contributed by atoms with Gasteiger partial charge in [0.2, 0.25) is 0 Å². The van der Waals surface area contributed by atoms with E-state index in [0.29, 0.717) is 19.8 Å². The second-order valence-corrected chi connectivity index (χ2v) is 12.3. The number of hydrogen-bond acceptors (Lipinski definition) is 3. The zero-order chi connectivity index (χ0) is 15.0. The van der Waals surface area contributed by atoms with Gasteiger partial charge in [-0.3, -0.25) is 0 Å². The molecule has 0 spiro atoms. The van der Waals surface area contributed by atoms with Crippen molar-refractivity contribution in [1.82, 2.24) is 0 Å². The van der Waals surface area contributed by atoms with Gasteiger partial charge in [-0.25, -0.2) is 0 Å². The van der Waals surface area contributed by atoms with E-state index in [4.69, 9.17) is 13.9 Å². The topological polar surface area (TPSA) is 27.7 Å². The van der Waals surface area contributed by atoms with Crippen molar-refractivity contribution in [2.75, 3.05) is 13.2 Å². The summed E-state index contributed by atoms with van der Waals surface area (Å²) >= 11 is 3.59.